The number of aromatic nitrogens is 1. The Labute approximate surface area is 100 Å². The van der Waals surface area contributed by atoms with Gasteiger partial charge in [-0.05, 0) is 12.1 Å². The molecule has 0 aliphatic rings. The highest BCUT2D eigenvalue weighted by Crippen LogP contribution is 2.26. The molecule has 1 rings (SSSR count). The smallest absolute Gasteiger partial charge is 0.341 e. The molecule has 8 heteroatoms. The largest absolute Gasteiger partial charge is 0.479 e. The van der Waals surface area contributed by atoms with Crippen molar-refractivity contribution in [1.82, 2.24) is 4.98 Å². The molecule has 0 spiro atoms. The van der Waals surface area contributed by atoms with Gasteiger partial charge in [0.05, 0.1) is 7.11 Å². The number of carboxylic acid groups (broad SMARTS) is 1. The zero-order valence-corrected chi connectivity index (χ0v) is 10.1. The summed E-state index contributed by atoms with van der Waals surface area (Å²) in [6.07, 6.45) is 1.46. The molecule has 7 nitrogen and oxygen atoms in total. The number of aliphatic carboxylic acids is 1. The van der Waals surface area contributed by atoms with Crippen LogP contribution in [0.5, 0.6) is 11.6 Å². The molecule has 0 amide bonds. The molecule has 0 saturated heterocycles. The van der Waals surface area contributed by atoms with Crippen LogP contribution in [0.3, 0.4) is 0 Å². The topological polar surface area (TPSA) is 97.8 Å². The van der Waals surface area contributed by atoms with Gasteiger partial charge < -0.3 is 14.6 Å². The average Bonchev–Trinajstić information content (AvgIpc) is 2.26. The first-order valence-corrected chi connectivity index (χ1v) is 6.08. The van der Waals surface area contributed by atoms with Crippen molar-refractivity contribution >= 4 is 22.8 Å². The summed E-state index contributed by atoms with van der Waals surface area (Å²) in [5.41, 5.74) is 0. The lowest BCUT2D eigenvalue weighted by molar-refractivity contribution is -0.139. The summed E-state index contributed by atoms with van der Waals surface area (Å²) >= 11 is 0. The van der Waals surface area contributed by atoms with Crippen LogP contribution in [0.1, 0.15) is 0 Å². The molecule has 0 saturated carbocycles. The second-order valence-corrected chi connectivity index (χ2v) is 4.05. The SMILES string of the molecule is COc1nc(NS(C)=O)ccc1OCC(=O)O. The second kappa shape index (κ2) is 6.04. The fourth-order valence-corrected chi connectivity index (χ4v) is 1.44. The monoisotopic (exact) mass is 260 g/mol. The molecule has 0 radical (unpaired) electrons. The highest BCUT2D eigenvalue weighted by atomic mass is 32.2. The molecule has 1 atom stereocenters. The van der Waals surface area contributed by atoms with E-state index in [2.05, 4.69) is 9.71 Å². The Morgan fingerprint density at radius 2 is 2.29 bits per heavy atom. The first-order chi connectivity index (χ1) is 8.02. The summed E-state index contributed by atoms with van der Waals surface area (Å²) in [7, 11) is 0.130. The maximum Gasteiger partial charge on any atom is 0.341 e. The van der Waals surface area contributed by atoms with E-state index in [-0.39, 0.29) is 11.6 Å². The third kappa shape index (κ3) is 4.27. The summed E-state index contributed by atoms with van der Waals surface area (Å²) in [6, 6.07) is 3.01. The van der Waals surface area contributed by atoms with Gasteiger partial charge in [-0.15, -0.1) is 0 Å². The van der Waals surface area contributed by atoms with Crippen molar-refractivity contribution in [2.45, 2.75) is 0 Å². The number of pyridine rings is 1. The van der Waals surface area contributed by atoms with Gasteiger partial charge in [0.15, 0.2) is 12.4 Å². The van der Waals surface area contributed by atoms with Crippen LogP contribution in [0, 0.1) is 0 Å². The van der Waals surface area contributed by atoms with Crippen molar-refractivity contribution in [2.75, 3.05) is 24.7 Å². The van der Waals surface area contributed by atoms with Gasteiger partial charge in [0.1, 0.15) is 16.8 Å². The summed E-state index contributed by atoms with van der Waals surface area (Å²) in [5, 5.41) is 8.47. The molecular weight excluding hydrogens is 248 g/mol. The number of nitrogens with one attached hydrogen (secondary N) is 1. The Bertz CT molecular complexity index is 437. The predicted molar refractivity (Wildman–Crippen MR) is 61.6 cm³/mol. The minimum Gasteiger partial charge on any atom is -0.479 e. The minimum absolute atomic E-state index is 0.127. The second-order valence-electron chi connectivity index (χ2n) is 2.94. The molecule has 1 heterocycles. The maximum atomic E-state index is 10.9. The van der Waals surface area contributed by atoms with Gasteiger partial charge >= 0.3 is 5.97 Å². The van der Waals surface area contributed by atoms with E-state index in [9.17, 15) is 9.00 Å². The molecule has 0 aliphatic heterocycles. The van der Waals surface area contributed by atoms with Crippen molar-refractivity contribution in [2.24, 2.45) is 0 Å². The Kier molecular flexibility index (Phi) is 4.70. The van der Waals surface area contributed by atoms with Gasteiger partial charge in [-0.1, -0.05) is 0 Å². The summed E-state index contributed by atoms with van der Waals surface area (Å²) in [6.45, 7) is -0.482. The van der Waals surface area contributed by atoms with Crippen molar-refractivity contribution in [3.8, 4) is 11.6 Å². The third-order valence-corrected chi connectivity index (χ3v) is 2.11. The molecule has 1 aromatic heterocycles. The average molecular weight is 260 g/mol. The summed E-state index contributed by atoms with van der Waals surface area (Å²) < 4.78 is 23.4. The summed E-state index contributed by atoms with van der Waals surface area (Å²) in [4.78, 5) is 14.3. The van der Waals surface area contributed by atoms with E-state index in [1.807, 2.05) is 0 Å². The standard InChI is InChI=1S/C9H12N2O5S/c1-15-9-6(16-5-8(12)13)3-4-7(10-9)11-17(2)14/h3-4H,5H2,1-2H3,(H,10,11)(H,12,13). The van der Waals surface area contributed by atoms with Crippen LogP contribution in [0.2, 0.25) is 0 Å². The number of carbonyl (C=O) groups is 1. The number of anilines is 1. The fourth-order valence-electron chi connectivity index (χ4n) is 1.03. The van der Waals surface area contributed by atoms with Gasteiger partial charge in [-0.25, -0.2) is 9.00 Å². The first kappa shape index (κ1) is 13.2. The van der Waals surface area contributed by atoms with Crippen LogP contribution in [0.4, 0.5) is 5.82 Å². The number of ether oxygens (including phenoxy) is 2. The maximum absolute atomic E-state index is 10.9. The molecule has 94 valence electrons. The molecule has 1 aromatic rings. The number of hydrogen-bond acceptors (Lipinski definition) is 5. The Morgan fingerprint density at radius 1 is 1.59 bits per heavy atom. The lowest BCUT2D eigenvalue weighted by Crippen LogP contribution is -2.11. The van der Waals surface area contributed by atoms with Gasteiger partial charge in [-0.3, -0.25) is 4.72 Å². The van der Waals surface area contributed by atoms with Crippen LogP contribution in [0.25, 0.3) is 0 Å². The Morgan fingerprint density at radius 3 is 2.82 bits per heavy atom. The lowest BCUT2D eigenvalue weighted by atomic mass is 10.4. The van der Waals surface area contributed by atoms with Crippen molar-refractivity contribution in [3.05, 3.63) is 12.1 Å². The zero-order valence-electron chi connectivity index (χ0n) is 9.30. The molecule has 0 bridgehead atoms. The quantitative estimate of drug-likeness (QED) is 0.761. The number of hydrogen-bond donors (Lipinski definition) is 2. The van der Waals surface area contributed by atoms with Gasteiger partial charge in [0, 0.05) is 6.26 Å². The number of rotatable bonds is 6. The third-order valence-electron chi connectivity index (χ3n) is 1.62. The van der Waals surface area contributed by atoms with Crippen molar-refractivity contribution < 1.29 is 23.6 Å². The number of nitrogens with zero attached hydrogens (tertiary/aromatic N) is 1. The molecule has 2 N–H and O–H groups in total. The first-order valence-electron chi connectivity index (χ1n) is 4.52. The normalized spacial score (nSPS) is 11.6. The van der Waals surface area contributed by atoms with E-state index in [1.54, 1.807) is 0 Å². The van der Waals surface area contributed by atoms with E-state index >= 15 is 0 Å². The molecule has 1 unspecified atom stereocenters. The van der Waals surface area contributed by atoms with E-state index in [0.29, 0.717) is 5.82 Å². The van der Waals surface area contributed by atoms with Gasteiger partial charge in [-0.2, -0.15) is 4.98 Å². The summed E-state index contributed by atoms with van der Waals surface area (Å²) in [5.74, 6) is -0.404. The van der Waals surface area contributed by atoms with E-state index in [0.717, 1.165) is 0 Å². The van der Waals surface area contributed by atoms with E-state index in [4.69, 9.17) is 14.6 Å². The Balaban J connectivity index is 2.85. The van der Waals surface area contributed by atoms with Crippen molar-refractivity contribution in [3.63, 3.8) is 0 Å². The number of carboxylic acids is 1. The van der Waals surface area contributed by atoms with Gasteiger partial charge in [0.25, 0.3) is 5.88 Å². The number of methoxy groups -OCH3 is 1. The molecule has 0 aromatic carbocycles. The van der Waals surface area contributed by atoms with Crippen LogP contribution in [0.15, 0.2) is 12.1 Å². The fraction of sp³-hybridized carbons (Fsp3) is 0.333. The molecule has 0 aliphatic carbocycles. The Hall–Kier alpha value is -1.83. The van der Waals surface area contributed by atoms with Crippen LogP contribution < -0.4 is 14.2 Å². The van der Waals surface area contributed by atoms with Crippen LogP contribution in [-0.4, -0.2) is 40.2 Å². The molecule has 0 fully saturated rings. The van der Waals surface area contributed by atoms with E-state index in [1.165, 1.54) is 25.5 Å². The predicted octanol–water partition coefficient (Wildman–Crippen LogP) is 0.259. The van der Waals surface area contributed by atoms with Crippen LogP contribution in [-0.2, 0) is 15.8 Å². The highest BCUT2D eigenvalue weighted by Gasteiger charge is 2.09. The van der Waals surface area contributed by atoms with Crippen LogP contribution >= 0.6 is 0 Å². The van der Waals surface area contributed by atoms with Crippen molar-refractivity contribution in [1.29, 1.82) is 0 Å². The van der Waals surface area contributed by atoms with Gasteiger partial charge in [0.2, 0.25) is 0 Å². The molecular formula is C9H12N2O5S. The highest BCUT2D eigenvalue weighted by molar-refractivity contribution is 7.85. The lowest BCUT2D eigenvalue weighted by Gasteiger charge is -2.09. The molecule has 17 heavy (non-hydrogen) atoms. The minimum atomic E-state index is -1.25. The van der Waals surface area contributed by atoms with E-state index < -0.39 is 23.6 Å². The zero-order chi connectivity index (χ0) is 12.8.